The van der Waals surface area contributed by atoms with Crippen LogP contribution in [0.15, 0.2) is 28.7 Å². The zero-order valence-electron chi connectivity index (χ0n) is 10.5. The molecular formula is C13H15BrN2O3. The number of imide groups is 1. The van der Waals surface area contributed by atoms with Crippen LogP contribution >= 0.6 is 15.9 Å². The Morgan fingerprint density at radius 3 is 2.47 bits per heavy atom. The number of β-amino-alcohol motifs (C(OH)–C–C–N with tert-alkyl or cyclic N) is 1. The Bertz CT molecular complexity index is 503. The van der Waals surface area contributed by atoms with E-state index in [0.29, 0.717) is 6.42 Å². The van der Waals surface area contributed by atoms with Gasteiger partial charge < -0.3 is 10.4 Å². The normalized spacial score (nSPS) is 22.8. The first-order valence-corrected chi connectivity index (χ1v) is 6.85. The topological polar surface area (TPSA) is 69.6 Å². The van der Waals surface area contributed by atoms with Gasteiger partial charge in [-0.2, -0.15) is 0 Å². The highest BCUT2D eigenvalue weighted by atomic mass is 79.9. The Morgan fingerprint density at radius 1 is 1.32 bits per heavy atom. The van der Waals surface area contributed by atoms with Crippen molar-refractivity contribution in [3.63, 3.8) is 0 Å². The molecule has 0 aromatic heterocycles. The van der Waals surface area contributed by atoms with Crippen LogP contribution in [0.1, 0.15) is 18.9 Å². The fourth-order valence-electron chi connectivity index (χ4n) is 2.30. The lowest BCUT2D eigenvalue weighted by molar-refractivity contribution is -0.132. The van der Waals surface area contributed by atoms with Crippen molar-refractivity contribution in [2.24, 2.45) is 0 Å². The second-order valence-corrected chi connectivity index (χ2v) is 5.29. The van der Waals surface area contributed by atoms with E-state index in [1.54, 1.807) is 0 Å². The number of benzene rings is 1. The van der Waals surface area contributed by atoms with Crippen LogP contribution in [-0.2, 0) is 10.3 Å². The minimum atomic E-state index is -1.02. The monoisotopic (exact) mass is 326 g/mol. The highest BCUT2D eigenvalue weighted by molar-refractivity contribution is 9.10. The van der Waals surface area contributed by atoms with Crippen LogP contribution in [0.2, 0.25) is 0 Å². The van der Waals surface area contributed by atoms with E-state index < -0.39 is 11.6 Å². The van der Waals surface area contributed by atoms with Crippen LogP contribution in [0.3, 0.4) is 0 Å². The van der Waals surface area contributed by atoms with Gasteiger partial charge in [0.1, 0.15) is 5.54 Å². The van der Waals surface area contributed by atoms with Crippen LogP contribution < -0.4 is 5.32 Å². The highest BCUT2D eigenvalue weighted by Gasteiger charge is 2.50. The third-order valence-electron chi connectivity index (χ3n) is 3.37. The summed E-state index contributed by atoms with van der Waals surface area (Å²) in [6, 6.07) is 6.84. The Hall–Kier alpha value is -1.40. The average molecular weight is 327 g/mol. The number of aliphatic hydroxyl groups is 1. The molecule has 102 valence electrons. The van der Waals surface area contributed by atoms with Crippen molar-refractivity contribution in [2.45, 2.75) is 18.9 Å². The number of carbonyl (C=O) groups excluding carboxylic acids is 2. The molecule has 0 spiro atoms. The van der Waals surface area contributed by atoms with Crippen molar-refractivity contribution >= 4 is 27.9 Å². The number of urea groups is 1. The van der Waals surface area contributed by atoms with E-state index in [0.717, 1.165) is 14.9 Å². The van der Waals surface area contributed by atoms with Gasteiger partial charge in [0.25, 0.3) is 5.91 Å². The van der Waals surface area contributed by atoms with Crippen LogP contribution in [0.25, 0.3) is 0 Å². The van der Waals surface area contributed by atoms with Gasteiger partial charge in [-0.15, -0.1) is 0 Å². The summed E-state index contributed by atoms with van der Waals surface area (Å²) in [5, 5.41) is 11.7. The first-order valence-electron chi connectivity index (χ1n) is 6.06. The van der Waals surface area contributed by atoms with Crippen molar-refractivity contribution in [1.82, 2.24) is 10.2 Å². The number of halogens is 1. The van der Waals surface area contributed by atoms with Crippen molar-refractivity contribution in [3.05, 3.63) is 34.3 Å². The molecule has 1 aromatic rings. The zero-order valence-corrected chi connectivity index (χ0v) is 12.1. The van der Waals surface area contributed by atoms with Gasteiger partial charge in [0.15, 0.2) is 0 Å². The number of amides is 3. The maximum atomic E-state index is 12.5. The van der Waals surface area contributed by atoms with Gasteiger partial charge in [-0.1, -0.05) is 35.0 Å². The van der Waals surface area contributed by atoms with E-state index in [2.05, 4.69) is 21.2 Å². The van der Waals surface area contributed by atoms with E-state index in [1.165, 1.54) is 0 Å². The Labute approximate surface area is 119 Å². The minimum absolute atomic E-state index is 0.0168. The van der Waals surface area contributed by atoms with Crippen molar-refractivity contribution in [2.75, 3.05) is 13.2 Å². The third kappa shape index (κ3) is 2.26. The van der Waals surface area contributed by atoms with E-state index in [4.69, 9.17) is 5.11 Å². The summed E-state index contributed by atoms with van der Waals surface area (Å²) in [4.78, 5) is 25.4. The van der Waals surface area contributed by atoms with E-state index in [9.17, 15) is 9.59 Å². The molecule has 1 aliphatic rings. The predicted molar refractivity (Wildman–Crippen MR) is 73.4 cm³/mol. The molecule has 6 heteroatoms. The van der Waals surface area contributed by atoms with Crippen LogP contribution in [0.4, 0.5) is 4.79 Å². The standard InChI is InChI=1S/C13H15BrN2O3/c1-2-13(9-3-5-10(14)6-4-9)11(18)16(7-8-17)12(19)15-13/h3-6,17H,2,7-8H2,1H3,(H,15,19)/t13-/m1/s1. The summed E-state index contributed by atoms with van der Waals surface area (Å²) < 4.78 is 0.909. The molecule has 0 aliphatic carbocycles. The molecule has 5 nitrogen and oxygen atoms in total. The second kappa shape index (κ2) is 5.30. The molecule has 0 unspecified atom stereocenters. The maximum absolute atomic E-state index is 12.5. The molecule has 19 heavy (non-hydrogen) atoms. The van der Waals surface area contributed by atoms with Gasteiger partial charge in [0, 0.05) is 4.47 Å². The van der Waals surface area contributed by atoms with E-state index in [-0.39, 0.29) is 19.1 Å². The quantitative estimate of drug-likeness (QED) is 0.826. The number of aliphatic hydroxyl groups excluding tert-OH is 1. The molecule has 0 radical (unpaired) electrons. The molecule has 1 aliphatic heterocycles. The number of carbonyl (C=O) groups is 2. The van der Waals surface area contributed by atoms with E-state index >= 15 is 0 Å². The largest absolute Gasteiger partial charge is 0.395 e. The molecule has 1 heterocycles. The molecule has 1 saturated heterocycles. The Kier molecular flexibility index (Phi) is 3.91. The Balaban J connectivity index is 2.41. The van der Waals surface area contributed by atoms with Crippen LogP contribution in [0, 0.1) is 0 Å². The van der Waals surface area contributed by atoms with Gasteiger partial charge in [-0.25, -0.2) is 4.79 Å². The summed E-state index contributed by atoms with van der Waals surface area (Å²) >= 11 is 3.34. The summed E-state index contributed by atoms with van der Waals surface area (Å²) in [6.07, 6.45) is 0.459. The predicted octanol–water partition coefficient (Wildman–Crippen LogP) is 1.60. The maximum Gasteiger partial charge on any atom is 0.325 e. The molecule has 3 amide bonds. The first kappa shape index (κ1) is 14.0. The number of rotatable bonds is 4. The molecule has 2 N–H and O–H groups in total. The van der Waals surface area contributed by atoms with Crippen molar-refractivity contribution in [1.29, 1.82) is 0 Å². The lowest BCUT2D eigenvalue weighted by atomic mass is 9.87. The lowest BCUT2D eigenvalue weighted by Gasteiger charge is -2.25. The third-order valence-corrected chi connectivity index (χ3v) is 3.90. The summed E-state index contributed by atoms with van der Waals surface area (Å²) in [5.74, 6) is -0.309. The number of hydrogen-bond donors (Lipinski definition) is 2. The molecule has 0 bridgehead atoms. The SMILES string of the molecule is CC[C@]1(c2ccc(Br)cc2)NC(=O)N(CCO)C1=O. The summed E-state index contributed by atoms with van der Waals surface area (Å²) in [6.45, 7) is 1.63. The van der Waals surface area contributed by atoms with Gasteiger partial charge in [0.05, 0.1) is 13.2 Å². The molecular weight excluding hydrogens is 312 g/mol. The first-order chi connectivity index (χ1) is 9.05. The molecule has 0 saturated carbocycles. The summed E-state index contributed by atoms with van der Waals surface area (Å²) in [5.41, 5.74) is -0.274. The number of nitrogens with one attached hydrogen (secondary N) is 1. The van der Waals surface area contributed by atoms with Gasteiger partial charge >= 0.3 is 6.03 Å². The smallest absolute Gasteiger partial charge is 0.325 e. The van der Waals surface area contributed by atoms with E-state index in [1.807, 2.05) is 31.2 Å². The van der Waals surface area contributed by atoms with Gasteiger partial charge in [-0.3, -0.25) is 9.69 Å². The molecule has 1 aromatic carbocycles. The number of nitrogens with zero attached hydrogens (tertiary/aromatic N) is 1. The van der Waals surface area contributed by atoms with Crippen molar-refractivity contribution in [3.8, 4) is 0 Å². The Morgan fingerprint density at radius 2 is 1.95 bits per heavy atom. The van der Waals surface area contributed by atoms with Crippen LogP contribution in [0.5, 0.6) is 0 Å². The second-order valence-electron chi connectivity index (χ2n) is 4.38. The van der Waals surface area contributed by atoms with Crippen molar-refractivity contribution < 1.29 is 14.7 Å². The highest BCUT2D eigenvalue weighted by Crippen LogP contribution is 2.32. The minimum Gasteiger partial charge on any atom is -0.395 e. The zero-order chi connectivity index (χ0) is 14.0. The fourth-order valence-corrected chi connectivity index (χ4v) is 2.57. The van der Waals surface area contributed by atoms with Crippen LogP contribution in [-0.4, -0.2) is 35.1 Å². The fraction of sp³-hybridized carbons (Fsp3) is 0.385. The molecule has 2 rings (SSSR count). The van der Waals surface area contributed by atoms with Gasteiger partial charge in [-0.05, 0) is 24.1 Å². The number of hydrogen-bond acceptors (Lipinski definition) is 3. The van der Waals surface area contributed by atoms with Gasteiger partial charge in [0.2, 0.25) is 0 Å². The lowest BCUT2D eigenvalue weighted by Crippen LogP contribution is -2.43. The summed E-state index contributed by atoms with van der Waals surface area (Å²) in [7, 11) is 0. The molecule has 1 fully saturated rings. The average Bonchev–Trinajstić information content (AvgIpc) is 2.65. The molecule has 1 atom stereocenters.